The molecule has 2 heterocycles. The third-order valence-corrected chi connectivity index (χ3v) is 5.54. The highest BCUT2D eigenvalue weighted by Gasteiger charge is 2.24. The maximum Gasteiger partial charge on any atom is 0.198 e. The summed E-state index contributed by atoms with van der Waals surface area (Å²) in [5.41, 5.74) is 3.00. The van der Waals surface area contributed by atoms with E-state index in [-0.39, 0.29) is 5.43 Å². The molecule has 4 nitrogen and oxygen atoms in total. The number of rotatable bonds is 6. The van der Waals surface area contributed by atoms with Crippen molar-refractivity contribution in [3.05, 3.63) is 39.7 Å². The minimum atomic E-state index is 0.164. The molecule has 0 spiro atoms. The van der Waals surface area contributed by atoms with Crippen LogP contribution in [0.2, 0.25) is 0 Å². The predicted molar refractivity (Wildman–Crippen MR) is 103 cm³/mol. The molecular weight excluding hydrogens is 312 g/mol. The SMILES string of the molecule is CCCCOc1ccc2[nH]c(C)c(C[NH+]3CCCC[C@@H]3C)c(=O)c2c1. The molecule has 0 bridgehead atoms. The van der Waals surface area contributed by atoms with Gasteiger partial charge in [0.2, 0.25) is 0 Å². The van der Waals surface area contributed by atoms with Gasteiger partial charge in [-0.25, -0.2) is 0 Å². The molecule has 0 saturated carbocycles. The molecule has 0 amide bonds. The Morgan fingerprint density at radius 1 is 1.32 bits per heavy atom. The van der Waals surface area contributed by atoms with E-state index in [0.29, 0.717) is 12.6 Å². The van der Waals surface area contributed by atoms with Gasteiger partial charge in [-0.15, -0.1) is 0 Å². The van der Waals surface area contributed by atoms with Crippen LogP contribution in [0.15, 0.2) is 23.0 Å². The smallest absolute Gasteiger partial charge is 0.198 e. The van der Waals surface area contributed by atoms with E-state index in [1.165, 1.54) is 24.2 Å². The first-order chi connectivity index (χ1) is 12.1. The summed E-state index contributed by atoms with van der Waals surface area (Å²) in [6.45, 7) is 9.16. The second kappa shape index (κ2) is 8.05. The molecule has 1 unspecified atom stereocenters. The number of aryl methyl sites for hydroxylation is 1. The summed E-state index contributed by atoms with van der Waals surface area (Å²) in [6.07, 6.45) is 5.98. The zero-order valence-electron chi connectivity index (χ0n) is 15.8. The first-order valence-corrected chi connectivity index (χ1v) is 9.73. The van der Waals surface area contributed by atoms with E-state index in [2.05, 4.69) is 18.8 Å². The predicted octanol–water partition coefficient (Wildman–Crippen LogP) is 2.97. The molecule has 0 aliphatic carbocycles. The van der Waals surface area contributed by atoms with Gasteiger partial charge in [0, 0.05) is 16.6 Å². The maximum atomic E-state index is 13.1. The van der Waals surface area contributed by atoms with Crippen LogP contribution in [-0.4, -0.2) is 24.2 Å². The van der Waals surface area contributed by atoms with Crippen LogP contribution in [0.4, 0.5) is 0 Å². The van der Waals surface area contributed by atoms with E-state index in [1.807, 2.05) is 25.1 Å². The van der Waals surface area contributed by atoms with Gasteiger partial charge < -0.3 is 14.6 Å². The second-order valence-corrected chi connectivity index (χ2v) is 7.45. The fourth-order valence-corrected chi connectivity index (χ4v) is 3.81. The molecule has 2 aromatic rings. The standard InChI is InChI=1S/C21H30N2O2/c1-4-5-12-25-17-9-10-20-18(13-17)21(24)19(16(3)22-20)14-23-11-7-6-8-15(23)2/h9-10,13,15H,4-8,11-12,14H2,1-3H3,(H,22,24)/p+1/t15-/m0/s1. The molecule has 1 aliphatic heterocycles. The van der Waals surface area contributed by atoms with Crippen LogP contribution in [0.25, 0.3) is 10.9 Å². The van der Waals surface area contributed by atoms with E-state index < -0.39 is 0 Å². The summed E-state index contributed by atoms with van der Waals surface area (Å²) in [5.74, 6) is 0.792. The number of pyridine rings is 1. The van der Waals surface area contributed by atoms with Gasteiger partial charge in [-0.2, -0.15) is 0 Å². The van der Waals surface area contributed by atoms with Gasteiger partial charge in [0.1, 0.15) is 12.3 Å². The van der Waals surface area contributed by atoms with E-state index in [0.717, 1.165) is 53.8 Å². The molecule has 25 heavy (non-hydrogen) atoms. The normalized spacial score (nSPS) is 20.8. The van der Waals surface area contributed by atoms with Gasteiger partial charge in [0.25, 0.3) is 0 Å². The lowest BCUT2D eigenvalue weighted by atomic mass is 10.0. The Morgan fingerprint density at radius 3 is 2.92 bits per heavy atom. The van der Waals surface area contributed by atoms with E-state index >= 15 is 0 Å². The number of unbranched alkanes of at least 4 members (excludes halogenated alkanes) is 1. The molecule has 1 saturated heterocycles. The highest BCUT2D eigenvalue weighted by molar-refractivity contribution is 5.81. The Balaban J connectivity index is 1.91. The number of H-pyrrole nitrogens is 1. The molecule has 2 atom stereocenters. The summed E-state index contributed by atoms with van der Waals surface area (Å²) in [7, 11) is 0. The second-order valence-electron chi connectivity index (χ2n) is 7.45. The van der Waals surface area contributed by atoms with Gasteiger partial charge in [-0.05, 0) is 57.7 Å². The Morgan fingerprint density at radius 2 is 2.16 bits per heavy atom. The molecule has 2 N–H and O–H groups in total. The van der Waals surface area contributed by atoms with Crippen molar-refractivity contribution in [2.24, 2.45) is 0 Å². The molecule has 1 aliphatic rings. The lowest BCUT2D eigenvalue weighted by molar-refractivity contribution is -0.942. The number of ether oxygens (including phenoxy) is 1. The average Bonchev–Trinajstić information content (AvgIpc) is 2.61. The number of hydrogen-bond donors (Lipinski definition) is 2. The number of aromatic amines is 1. The summed E-state index contributed by atoms with van der Waals surface area (Å²) < 4.78 is 5.79. The summed E-state index contributed by atoms with van der Waals surface area (Å²) in [4.78, 5) is 18.1. The first kappa shape index (κ1) is 18.0. The number of nitrogens with one attached hydrogen (secondary N) is 2. The Labute approximate surface area is 150 Å². The molecule has 3 rings (SSSR count). The van der Waals surface area contributed by atoms with Crippen molar-refractivity contribution in [1.29, 1.82) is 0 Å². The van der Waals surface area contributed by atoms with Crippen LogP contribution < -0.4 is 15.1 Å². The number of fused-ring (bicyclic) bond motifs is 1. The Hall–Kier alpha value is -1.81. The monoisotopic (exact) mass is 343 g/mol. The minimum Gasteiger partial charge on any atom is -0.494 e. The lowest BCUT2D eigenvalue weighted by Gasteiger charge is -2.30. The number of hydrogen-bond acceptors (Lipinski definition) is 2. The number of benzene rings is 1. The average molecular weight is 343 g/mol. The van der Waals surface area contributed by atoms with Gasteiger partial charge in [-0.3, -0.25) is 4.79 Å². The van der Waals surface area contributed by atoms with Crippen molar-refractivity contribution in [2.45, 2.75) is 65.5 Å². The summed E-state index contributed by atoms with van der Waals surface area (Å²) >= 11 is 0. The lowest BCUT2D eigenvalue weighted by Crippen LogP contribution is -3.15. The summed E-state index contributed by atoms with van der Waals surface area (Å²) in [6, 6.07) is 6.45. The van der Waals surface area contributed by atoms with Gasteiger partial charge in [0.05, 0.1) is 24.8 Å². The largest absolute Gasteiger partial charge is 0.494 e. The fraction of sp³-hybridized carbons (Fsp3) is 0.571. The van der Waals surface area contributed by atoms with Crippen LogP contribution in [0, 0.1) is 6.92 Å². The van der Waals surface area contributed by atoms with Crippen LogP contribution >= 0.6 is 0 Å². The molecule has 0 radical (unpaired) electrons. The van der Waals surface area contributed by atoms with Crippen molar-refractivity contribution < 1.29 is 9.64 Å². The highest BCUT2D eigenvalue weighted by Crippen LogP contribution is 2.19. The first-order valence-electron chi connectivity index (χ1n) is 9.73. The fourth-order valence-electron chi connectivity index (χ4n) is 3.81. The minimum absolute atomic E-state index is 0.164. The number of piperidine rings is 1. The van der Waals surface area contributed by atoms with Gasteiger partial charge in [-0.1, -0.05) is 13.3 Å². The van der Waals surface area contributed by atoms with Crippen molar-refractivity contribution in [3.63, 3.8) is 0 Å². The number of aromatic nitrogens is 1. The van der Waals surface area contributed by atoms with Crippen molar-refractivity contribution in [1.82, 2.24) is 4.98 Å². The molecular formula is C21H31N2O2+. The van der Waals surface area contributed by atoms with Crippen molar-refractivity contribution >= 4 is 10.9 Å². The van der Waals surface area contributed by atoms with Gasteiger partial charge in [0.15, 0.2) is 5.43 Å². The topological polar surface area (TPSA) is 46.5 Å². The highest BCUT2D eigenvalue weighted by atomic mass is 16.5. The quantitative estimate of drug-likeness (QED) is 0.792. The third-order valence-electron chi connectivity index (χ3n) is 5.54. The Bertz CT molecular complexity index is 781. The molecule has 4 heteroatoms. The molecule has 136 valence electrons. The van der Waals surface area contributed by atoms with E-state index in [9.17, 15) is 4.79 Å². The van der Waals surface area contributed by atoms with Crippen LogP contribution in [-0.2, 0) is 6.54 Å². The molecule has 1 fully saturated rings. The number of likely N-dealkylation sites (tertiary alicyclic amines) is 1. The third kappa shape index (κ3) is 4.06. The van der Waals surface area contributed by atoms with Crippen molar-refractivity contribution in [3.8, 4) is 5.75 Å². The van der Waals surface area contributed by atoms with Crippen LogP contribution in [0.1, 0.15) is 57.2 Å². The van der Waals surface area contributed by atoms with Crippen LogP contribution in [0.3, 0.4) is 0 Å². The Kier molecular flexibility index (Phi) is 5.79. The van der Waals surface area contributed by atoms with Crippen molar-refractivity contribution in [2.75, 3.05) is 13.2 Å². The zero-order chi connectivity index (χ0) is 17.8. The molecule has 1 aromatic carbocycles. The van der Waals surface area contributed by atoms with E-state index in [1.54, 1.807) is 0 Å². The van der Waals surface area contributed by atoms with Gasteiger partial charge >= 0.3 is 0 Å². The zero-order valence-corrected chi connectivity index (χ0v) is 15.8. The maximum absolute atomic E-state index is 13.1. The van der Waals surface area contributed by atoms with E-state index in [4.69, 9.17) is 4.74 Å². The summed E-state index contributed by atoms with van der Waals surface area (Å²) in [5, 5.41) is 0.749. The molecule has 1 aromatic heterocycles. The number of quaternary nitrogens is 1. The van der Waals surface area contributed by atoms with Crippen LogP contribution in [0.5, 0.6) is 5.75 Å².